The topological polar surface area (TPSA) is 25.8 Å². The maximum absolute atomic E-state index is 4.31. The fourth-order valence-corrected chi connectivity index (χ4v) is 2.02. The average molecular weight is 162 g/mol. The van der Waals surface area contributed by atoms with Crippen LogP contribution in [0.4, 0.5) is 0 Å². The van der Waals surface area contributed by atoms with Crippen molar-refractivity contribution in [3.8, 4) is 0 Å². The average Bonchev–Trinajstić information content (AvgIpc) is 2.48. The van der Waals surface area contributed by atoms with E-state index in [0.717, 1.165) is 12.8 Å². The van der Waals surface area contributed by atoms with Gasteiger partial charge in [-0.3, -0.25) is 0 Å². The molecule has 0 N–H and O–H groups in total. The third-order valence-corrected chi connectivity index (χ3v) is 2.69. The van der Waals surface area contributed by atoms with E-state index in [9.17, 15) is 0 Å². The van der Waals surface area contributed by atoms with Gasteiger partial charge in [0.1, 0.15) is 6.33 Å². The van der Waals surface area contributed by atoms with Gasteiger partial charge in [0.05, 0.1) is 0 Å². The highest BCUT2D eigenvalue weighted by Gasteiger charge is 2.22. The van der Waals surface area contributed by atoms with Crippen molar-refractivity contribution in [1.29, 1.82) is 0 Å². The quantitative estimate of drug-likeness (QED) is 0.632. The molecule has 0 bridgehead atoms. The molecule has 0 fully saturated rings. The molecular weight excluding hydrogens is 148 g/mol. The first-order valence-electron chi connectivity index (χ1n) is 4.65. The summed E-state index contributed by atoms with van der Waals surface area (Å²) in [6.07, 6.45) is 5.14. The number of aryl methyl sites for hydroxylation is 2. The Morgan fingerprint density at radius 2 is 2.33 bits per heavy atom. The van der Waals surface area contributed by atoms with Gasteiger partial charge >= 0.3 is 0 Å². The Labute approximate surface area is 73.1 Å². The summed E-state index contributed by atoms with van der Waals surface area (Å²) >= 11 is 0. The van der Waals surface area contributed by atoms with Crippen LogP contribution in [-0.2, 0) is 12.8 Å². The highest BCUT2D eigenvalue weighted by Crippen LogP contribution is 2.32. The molecule has 0 aliphatic heterocycles. The summed E-state index contributed by atoms with van der Waals surface area (Å²) in [4.78, 5) is 8.62. The molecule has 1 aliphatic carbocycles. The summed E-state index contributed by atoms with van der Waals surface area (Å²) < 4.78 is 0. The molecule has 1 aromatic heterocycles. The predicted octanol–water partition coefficient (Wildman–Crippen LogP) is 2.09. The summed E-state index contributed by atoms with van der Waals surface area (Å²) in [7, 11) is 0. The Hall–Kier alpha value is -0.920. The Morgan fingerprint density at radius 3 is 3.08 bits per heavy atom. The Morgan fingerprint density at radius 1 is 1.50 bits per heavy atom. The number of nitrogens with zero attached hydrogens (tertiary/aromatic N) is 2. The van der Waals surface area contributed by atoms with Crippen molar-refractivity contribution in [3.05, 3.63) is 23.3 Å². The monoisotopic (exact) mass is 162 g/mol. The molecule has 64 valence electrons. The van der Waals surface area contributed by atoms with Crippen LogP contribution in [0, 0.1) is 0 Å². The van der Waals surface area contributed by atoms with Gasteiger partial charge in [-0.25, -0.2) is 9.97 Å². The lowest BCUT2D eigenvalue weighted by Gasteiger charge is -2.07. The normalized spacial score (nSPS) is 21.0. The largest absolute Gasteiger partial charge is 0.241 e. The zero-order chi connectivity index (χ0) is 8.55. The van der Waals surface area contributed by atoms with E-state index in [1.807, 2.05) is 0 Å². The van der Waals surface area contributed by atoms with E-state index in [0.29, 0.717) is 5.92 Å². The molecule has 0 amide bonds. The van der Waals surface area contributed by atoms with Crippen molar-refractivity contribution in [2.24, 2.45) is 0 Å². The van der Waals surface area contributed by atoms with Crippen LogP contribution in [0.2, 0.25) is 0 Å². The van der Waals surface area contributed by atoms with Gasteiger partial charge in [0, 0.05) is 11.4 Å². The highest BCUT2D eigenvalue weighted by atomic mass is 14.8. The van der Waals surface area contributed by atoms with Crippen LogP contribution >= 0.6 is 0 Å². The van der Waals surface area contributed by atoms with E-state index in [4.69, 9.17) is 0 Å². The third-order valence-electron chi connectivity index (χ3n) is 2.69. The van der Waals surface area contributed by atoms with Crippen LogP contribution < -0.4 is 0 Å². The Balaban J connectivity index is 2.53. The Kier molecular flexibility index (Phi) is 1.83. The molecule has 12 heavy (non-hydrogen) atoms. The number of aromatic nitrogens is 2. The molecule has 0 saturated heterocycles. The third kappa shape index (κ3) is 1.02. The highest BCUT2D eigenvalue weighted by molar-refractivity contribution is 5.32. The molecule has 2 nitrogen and oxygen atoms in total. The molecule has 1 aliphatic rings. The maximum Gasteiger partial charge on any atom is 0.115 e. The van der Waals surface area contributed by atoms with Crippen molar-refractivity contribution < 1.29 is 0 Å². The van der Waals surface area contributed by atoms with Gasteiger partial charge in [0.2, 0.25) is 0 Å². The van der Waals surface area contributed by atoms with E-state index in [1.54, 1.807) is 6.33 Å². The van der Waals surface area contributed by atoms with Gasteiger partial charge in [-0.2, -0.15) is 0 Å². The van der Waals surface area contributed by atoms with Crippen LogP contribution in [0.5, 0.6) is 0 Å². The second kappa shape index (κ2) is 2.85. The van der Waals surface area contributed by atoms with Crippen LogP contribution in [0.1, 0.15) is 43.1 Å². The number of hydrogen-bond donors (Lipinski definition) is 0. The summed E-state index contributed by atoms with van der Waals surface area (Å²) in [6.45, 7) is 4.43. The molecule has 2 heteroatoms. The fourth-order valence-electron chi connectivity index (χ4n) is 2.02. The second-order valence-corrected chi connectivity index (χ2v) is 3.47. The first-order chi connectivity index (χ1) is 5.83. The number of fused-ring (bicyclic) bond motifs is 1. The van der Waals surface area contributed by atoms with Gasteiger partial charge in [0.25, 0.3) is 0 Å². The van der Waals surface area contributed by atoms with E-state index >= 15 is 0 Å². The van der Waals surface area contributed by atoms with Gasteiger partial charge in [-0.15, -0.1) is 0 Å². The molecule has 0 saturated carbocycles. The van der Waals surface area contributed by atoms with Crippen LogP contribution in [0.15, 0.2) is 6.33 Å². The fraction of sp³-hybridized carbons (Fsp3) is 0.600. The molecule has 1 unspecified atom stereocenters. The van der Waals surface area contributed by atoms with Crippen molar-refractivity contribution in [1.82, 2.24) is 9.97 Å². The summed E-state index contributed by atoms with van der Waals surface area (Å²) in [5.74, 6) is 0.677. The van der Waals surface area contributed by atoms with E-state index in [1.165, 1.54) is 23.4 Å². The van der Waals surface area contributed by atoms with Crippen molar-refractivity contribution in [2.75, 3.05) is 0 Å². The zero-order valence-corrected chi connectivity index (χ0v) is 7.67. The summed E-state index contributed by atoms with van der Waals surface area (Å²) in [5.41, 5.74) is 3.97. The van der Waals surface area contributed by atoms with E-state index in [-0.39, 0.29) is 0 Å². The van der Waals surface area contributed by atoms with Crippen LogP contribution in [0.3, 0.4) is 0 Å². The first kappa shape index (κ1) is 7.71. The molecule has 2 rings (SSSR count). The van der Waals surface area contributed by atoms with E-state index in [2.05, 4.69) is 23.8 Å². The molecule has 1 aromatic rings. The predicted molar refractivity (Wildman–Crippen MR) is 48.1 cm³/mol. The zero-order valence-electron chi connectivity index (χ0n) is 7.67. The molecular formula is C10H14N2. The minimum atomic E-state index is 0.677. The van der Waals surface area contributed by atoms with E-state index < -0.39 is 0 Å². The minimum absolute atomic E-state index is 0.677. The SMILES string of the molecule is CCc1ncnc2c1C(C)CC2. The molecule has 1 atom stereocenters. The first-order valence-corrected chi connectivity index (χ1v) is 4.65. The lowest BCUT2D eigenvalue weighted by Crippen LogP contribution is -1.99. The second-order valence-electron chi connectivity index (χ2n) is 3.47. The summed E-state index contributed by atoms with van der Waals surface area (Å²) in [5, 5.41) is 0. The van der Waals surface area contributed by atoms with Crippen LogP contribution in [0.25, 0.3) is 0 Å². The van der Waals surface area contributed by atoms with Crippen LogP contribution in [-0.4, -0.2) is 9.97 Å². The number of rotatable bonds is 1. The van der Waals surface area contributed by atoms with Gasteiger partial charge in [-0.05, 0) is 30.7 Å². The number of hydrogen-bond acceptors (Lipinski definition) is 2. The standard InChI is InChI=1S/C10H14N2/c1-3-8-10-7(2)4-5-9(10)12-6-11-8/h6-7H,3-5H2,1-2H3. The van der Waals surface area contributed by atoms with Gasteiger partial charge in [-0.1, -0.05) is 13.8 Å². The van der Waals surface area contributed by atoms with Crippen molar-refractivity contribution in [2.45, 2.75) is 39.0 Å². The van der Waals surface area contributed by atoms with Gasteiger partial charge in [0.15, 0.2) is 0 Å². The van der Waals surface area contributed by atoms with Crippen molar-refractivity contribution in [3.63, 3.8) is 0 Å². The molecule has 0 aromatic carbocycles. The lowest BCUT2D eigenvalue weighted by molar-refractivity contribution is 0.736. The maximum atomic E-state index is 4.31. The van der Waals surface area contributed by atoms with Crippen molar-refractivity contribution >= 4 is 0 Å². The molecule has 0 radical (unpaired) electrons. The Bertz CT molecular complexity index is 294. The summed E-state index contributed by atoms with van der Waals surface area (Å²) in [6, 6.07) is 0. The lowest BCUT2D eigenvalue weighted by atomic mass is 10.0. The molecule has 0 spiro atoms. The smallest absolute Gasteiger partial charge is 0.115 e. The van der Waals surface area contributed by atoms with Gasteiger partial charge < -0.3 is 0 Å². The molecule has 1 heterocycles. The minimum Gasteiger partial charge on any atom is -0.241 e.